The lowest BCUT2D eigenvalue weighted by atomic mass is 10.2. The van der Waals surface area contributed by atoms with Crippen LogP contribution in [0.4, 0.5) is 5.69 Å². The van der Waals surface area contributed by atoms with Crippen molar-refractivity contribution in [2.75, 3.05) is 5.84 Å². The monoisotopic (exact) mass is 251 g/mol. The molecule has 1 heterocycles. The molecular weight excluding hydrogens is 242 g/mol. The Morgan fingerprint density at radius 3 is 2.53 bits per heavy atom. The minimum atomic E-state index is -0.437. The van der Waals surface area contributed by atoms with Gasteiger partial charge in [0, 0.05) is 12.1 Å². The van der Waals surface area contributed by atoms with Gasteiger partial charge in [-0.25, -0.2) is 0 Å². The van der Waals surface area contributed by atoms with Crippen LogP contribution < -0.4 is 5.84 Å². The van der Waals surface area contributed by atoms with Gasteiger partial charge in [-0.15, -0.1) is 5.10 Å². The van der Waals surface area contributed by atoms with Crippen molar-refractivity contribution in [2.45, 2.75) is 6.54 Å². The summed E-state index contributed by atoms with van der Waals surface area (Å²) in [7, 11) is 0. The number of nitro groups is 1. The molecule has 0 bridgehead atoms. The third kappa shape index (κ3) is 2.31. The summed E-state index contributed by atoms with van der Waals surface area (Å²) >= 11 is 5.02. The summed E-state index contributed by atoms with van der Waals surface area (Å²) in [5.41, 5.74) is 0.951. The van der Waals surface area contributed by atoms with Crippen molar-refractivity contribution in [3.8, 4) is 0 Å². The fraction of sp³-hybridized carbons (Fsp3) is 0.111. The van der Waals surface area contributed by atoms with E-state index in [0.29, 0.717) is 11.3 Å². The van der Waals surface area contributed by atoms with Gasteiger partial charge in [-0.3, -0.25) is 10.1 Å². The van der Waals surface area contributed by atoms with Crippen LogP contribution in [0.1, 0.15) is 5.56 Å². The highest BCUT2D eigenvalue weighted by atomic mass is 32.1. The second kappa shape index (κ2) is 4.34. The maximum atomic E-state index is 10.5. The first kappa shape index (κ1) is 11.3. The minimum absolute atomic E-state index is 0.0619. The number of rotatable bonds is 3. The number of nitrogens with zero attached hydrogens (tertiary/aromatic N) is 4. The van der Waals surface area contributed by atoms with Crippen LogP contribution in [0.5, 0.6) is 0 Å². The molecular formula is C9H9N5O2S. The number of non-ortho nitro benzene ring substituents is 1. The summed E-state index contributed by atoms with van der Waals surface area (Å²) in [5, 5.41) is 14.3. The lowest BCUT2D eigenvalue weighted by Crippen LogP contribution is -2.11. The summed E-state index contributed by atoms with van der Waals surface area (Å²) in [6.45, 7) is 0.480. The number of nitro benzene ring substituents is 1. The van der Waals surface area contributed by atoms with E-state index in [0.717, 1.165) is 10.4 Å². The van der Waals surface area contributed by atoms with Gasteiger partial charge < -0.3 is 10.4 Å². The van der Waals surface area contributed by atoms with Crippen LogP contribution in [0, 0.1) is 14.9 Å². The van der Waals surface area contributed by atoms with Gasteiger partial charge in [0.05, 0.1) is 11.5 Å². The van der Waals surface area contributed by atoms with E-state index < -0.39 is 4.92 Å². The predicted octanol–water partition coefficient (Wildman–Crippen LogP) is 1.08. The van der Waals surface area contributed by atoms with Crippen molar-refractivity contribution in [2.24, 2.45) is 0 Å². The van der Waals surface area contributed by atoms with Crippen molar-refractivity contribution < 1.29 is 4.92 Å². The van der Waals surface area contributed by atoms with Gasteiger partial charge in [0.25, 0.3) is 5.69 Å². The van der Waals surface area contributed by atoms with Crippen molar-refractivity contribution in [3.05, 3.63) is 51.0 Å². The van der Waals surface area contributed by atoms with Crippen molar-refractivity contribution in [1.82, 2.24) is 14.5 Å². The molecule has 2 rings (SSSR count). The molecule has 7 nitrogen and oxygen atoms in total. The van der Waals surface area contributed by atoms with Crippen molar-refractivity contribution >= 4 is 17.9 Å². The van der Waals surface area contributed by atoms with Gasteiger partial charge in [-0.1, -0.05) is 12.1 Å². The molecule has 0 aliphatic rings. The maximum Gasteiger partial charge on any atom is 0.269 e. The zero-order valence-electron chi connectivity index (χ0n) is 8.68. The number of nitrogen functional groups attached to an aromatic ring is 1. The van der Waals surface area contributed by atoms with E-state index in [4.69, 9.17) is 18.1 Å². The number of aromatic nitrogens is 3. The summed E-state index contributed by atoms with van der Waals surface area (Å²) < 4.78 is 2.07. The topological polar surface area (TPSA) is 91.9 Å². The van der Waals surface area contributed by atoms with Gasteiger partial charge in [0.2, 0.25) is 4.77 Å². The number of hydrogen-bond donors (Lipinski definition) is 1. The molecule has 0 amide bonds. The highest BCUT2D eigenvalue weighted by Crippen LogP contribution is 2.12. The average molecular weight is 251 g/mol. The molecule has 0 saturated heterocycles. The van der Waals surface area contributed by atoms with Crippen LogP contribution in [0.2, 0.25) is 0 Å². The average Bonchev–Trinajstić information content (AvgIpc) is 2.62. The third-order valence-electron chi connectivity index (χ3n) is 2.26. The second-order valence-electron chi connectivity index (χ2n) is 3.41. The van der Waals surface area contributed by atoms with Crippen molar-refractivity contribution in [3.63, 3.8) is 0 Å². The normalized spacial score (nSPS) is 10.4. The quantitative estimate of drug-likeness (QED) is 0.381. The molecule has 0 spiro atoms. The second-order valence-corrected chi connectivity index (χ2v) is 3.77. The zero-order valence-corrected chi connectivity index (χ0v) is 9.50. The lowest BCUT2D eigenvalue weighted by molar-refractivity contribution is -0.384. The van der Waals surface area contributed by atoms with E-state index in [1.165, 1.54) is 18.5 Å². The summed E-state index contributed by atoms with van der Waals surface area (Å²) in [6.07, 6.45) is 1.52. The summed E-state index contributed by atoms with van der Waals surface area (Å²) in [4.78, 5) is 11.1. The Labute approximate surface area is 101 Å². The van der Waals surface area contributed by atoms with Gasteiger partial charge in [-0.05, 0) is 17.8 Å². The molecule has 17 heavy (non-hydrogen) atoms. The number of benzene rings is 1. The van der Waals surface area contributed by atoms with Crippen LogP contribution >= 0.6 is 12.2 Å². The molecule has 0 aliphatic heterocycles. The highest BCUT2D eigenvalue weighted by molar-refractivity contribution is 7.71. The Kier molecular flexibility index (Phi) is 2.88. The Balaban J connectivity index is 2.22. The highest BCUT2D eigenvalue weighted by Gasteiger charge is 2.05. The van der Waals surface area contributed by atoms with Crippen LogP contribution in [-0.2, 0) is 6.54 Å². The van der Waals surface area contributed by atoms with Crippen LogP contribution in [0.15, 0.2) is 30.6 Å². The van der Waals surface area contributed by atoms with Gasteiger partial charge in [0.1, 0.15) is 6.33 Å². The van der Waals surface area contributed by atoms with Gasteiger partial charge in [-0.2, -0.15) is 4.79 Å². The predicted molar refractivity (Wildman–Crippen MR) is 63.4 cm³/mol. The third-order valence-corrected chi connectivity index (χ3v) is 2.68. The van der Waals surface area contributed by atoms with Crippen molar-refractivity contribution in [1.29, 1.82) is 0 Å². The standard InChI is InChI=1S/C9H9N5O2S/c10-13-9(17)12(6-11-13)5-7-1-3-8(4-2-7)14(15)16/h1-4,6H,5,10H2. The largest absolute Gasteiger partial charge is 0.320 e. The number of hydrogen-bond acceptors (Lipinski definition) is 5. The Bertz CT molecular complexity index is 601. The van der Waals surface area contributed by atoms with E-state index in [-0.39, 0.29) is 5.69 Å². The molecule has 0 aliphatic carbocycles. The van der Waals surface area contributed by atoms with Crippen LogP contribution in [0.25, 0.3) is 0 Å². The Morgan fingerprint density at radius 1 is 1.41 bits per heavy atom. The molecule has 2 N–H and O–H groups in total. The first-order valence-electron chi connectivity index (χ1n) is 4.71. The van der Waals surface area contributed by atoms with E-state index >= 15 is 0 Å². The first-order chi connectivity index (χ1) is 8.08. The minimum Gasteiger partial charge on any atom is -0.320 e. The fourth-order valence-electron chi connectivity index (χ4n) is 1.38. The molecule has 0 atom stereocenters. The van der Waals surface area contributed by atoms with Gasteiger partial charge >= 0.3 is 0 Å². The summed E-state index contributed by atoms with van der Waals surface area (Å²) in [6, 6.07) is 6.25. The summed E-state index contributed by atoms with van der Waals surface area (Å²) in [5.74, 6) is 5.45. The molecule has 1 aromatic carbocycles. The number of nitrogens with two attached hydrogens (primary N) is 1. The van der Waals surface area contributed by atoms with Crippen LogP contribution in [-0.4, -0.2) is 19.4 Å². The molecule has 0 fully saturated rings. The fourth-order valence-corrected chi connectivity index (χ4v) is 1.54. The smallest absolute Gasteiger partial charge is 0.269 e. The molecule has 0 unspecified atom stereocenters. The SMILES string of the molecule is Nn1ncn(Cc2ccc([N+](=O)[O-])cc2)c1=S. The zero-order chi connectivity index (χ0) is 12.4. The Hall–Kier alpha value is -2.22. The van der Waals surface area contributed by atoms with Gasteiger partial charge in [0.15, 0.2) is 0 Å². The Morgan fingerprint density at radius 2 is 2.06 bits per heavy atom. The van der Waals surface area contributed by atoms with E-state index in [9.17, 15) is 10.1 Å². The molecule has 8 heteroatoms. The molecule has 2 aromatic rings. The maximum absolute atomic E-state index is 10.5. The van der Waals surface area contributed by atoms with Crippen LogP contribution in [0.3, 0.4) is 0 Å². The van der Waals surface area contributed by atoms with E-state index in [2.05, 4.69) is 5.10 Å². The van der Waals surface area contributed by atoms with E-state index in [1.54, 1.807) is 16.7 Å². The molecule has 88 valence electrons. The first-order valence-corrected chi connectivity index (χ1v) is 5.11. The lowest BCUT2D eigenvalue weighted by Gasteiger charge is -2.01. The molecule has 0 radical (unpaired) electrons. The molecule has 1 aromatic heterocycles. The van der Waals surface area contributed by atoms with E-state index in [1.807, 2.05) is 0 Å². The molecule has 0 saturated carbocycles.